The molecule has 0 aromatic heterocycles. The first-order valence-corrected chi connectivity index (χ1v) is 10.8. The largest absolute Gasteiger partial charge is 0.507 e. The van der Waals surface area contributed by atoms with Crippen LogP contribution >= 0.6 is 11.8 Å². The van der Waals surface area contributed by atoms with Crippen molar-refractivity contribution in [3.63, 3.8) is 0 Å². The van der Waals surface area contributed by atoms with Gasteiger partial charge in [0.15, 0.2) is 6.19 Å². The van der Waals surface area contributed by atoms with Gasteiger partial charge in [0.25, 0.3) is 5.91 Å². The molecule has 4 nitrogen and oxygen atoms in total. The summed E-state index contributed by atoms with van der Waals surface area (Å²) in [5.74, 6) is -0.0219. The third-order valence-corrected chi connectivity index (χ3v) is 6.27. The van der Waals surface area contributed by atoms with Crippen LogP contribution < -0.4 is 4.90 Å². The molecule has 1 aliphatic heterocycles. The lowest BCUT2D eigenvalue weighted by Gasteiger charge is -2.28. The Morgan fingerprint density at radius 3 is 2.13 bits per heavy atom. The molecule has 1 amide bonds. The zero-order valence-electron chi connectivity index (χ0n) is 18.6. The van der Waals surface area contributed by atoms with E-state index in [1.54, 1.807) is 0 Å². The number of hydrogen-bond acceptors (Lipinski definition) is 4. The third-order valence-electron chi connectivity index (χ3n) is 5.20. The Hall–Kier alpha value is -2.71. The zero-order valence-corrected chi connectivity index (χ0v) is 19.4. The van der Waals surface area contributed by atoms with Crippen molar-refractivity contribution in [3.8, 4) is 11.9 Å². The first-order chi connectivity index (χ1) is 13.8. The number of hydrogen-bond donors (Lipinski definition) is 1. The van der Waals surface area contributed by atoms with Crippen molar-refractivity contribution in [2.45, 2.75) is 64.2 Å². The molecule has 5 heteroatoms. The van der Waals surface area contributed by atoms with Crippen molar-refractivity contribution >= 4 is 29.4 Å². The molecule has 0 radical (unpaired) electrons. The van der Waals surface area contributed by atoms with Gasteiger partial charge in [-0.2, -0.15) is 5.26 Å². The van der Waals surface area contributed by atoms with Gasteiger partial charge in [-0.1, -0.05) is 65.4 Å². The monoisotopic (exact) mass is 420 g/mol. The molecule has 1 aliphatic rings. The second-order valence-electron chi connectivity index (χ2n) is 9.74. The van der Waals surface area contributed by atoms with Crippen LogP contribution in [0, 0.1) is 18.4 Å². The van der Waals surface area contributed by atoms with E-state index in [1.807, 2.05) is 49.5 Å². The first kappa shape index (κ1) is 22.0. The summed E-state index contributed by atoms with van der Waals surface area (Å²) in [5.41, 5.74) is 3.54. The predicted molar refractivity (Wildman–Crippen MR) is 124 cm³/mol. The Bertz CT molecular complexity index is 1060. The average Bonchev–Trinajstić information content (AvgIpc) is 2.62. The van der Waals surface area contributed by atoms with Crippen molar-refractivity contribution in [2.75, 3.05) is 4.90 Å². The maximum absolute atomic E-state index is 13.1. The summed E-state index contributed by atoms with van der Waals surface area (Å²) >= 11 is 1.38. The number of amides is 1. The van der Waals surface area contributed by atoms with Crippen molar-refractivity contribution in [1.82, 2.24) is 0 Å². The number of carbonyl (C=O) groups excluding carboxylic acids is 1. The minimum Gasteiger partial charge on any atom is -0.507 e. The van der Waals surface area contributed by atoms with Crippen molar-refractivity contribution in [1.29, 1.82) is 5.26 Å². The highest BCUT2D eigenvalue weighted by Gasteiger charge is 2.31. The maximum Gasteiger partial charge on any atom is 0.278 e. The molecule has 0 bridgehead atoms. The van der Waals surface area contributed by atoms with Gasteiger partial charge in [-0.3, -0.25) is 4.79 Å². The second-order valence-corrected chi connectivity index (χ2v) is 10.8. The molecular weight excluding hydrogens is 392 g/mol. The van der Waals surface area contributed by atoms with Gasteiger partial charge in [0, 0.05) is 16.0 Å². The second kappa shape index (κ2) is 7.52. The van der Waals surface area contributed by atoms with Crippen LogP contribution in [0.1, 0.15) is 63.8 Å². The van der Waals surface area contributed by atoms with E-state index >= 15 is 0 Å². The number of anilines is 1. The molecule has 30 heavy (non-hydrogen) atoms. The van der Waals surface area contributed by atoms with E-state index in [9.17, 15) is 15.2 Å². The number of thioether (sulfide) groups is 1. The number of fused-ring (bicyclic) bond motifs is 1. The Labute approximate surface area is 183 Å². The van der Waals surface area contributed by atoms with E-state index in [1.165, 1.54) is 16.7 Å². The minimum atomic E-state index is -0.327. The van der Waals surface area contributed by atoms with E-state index in [2.05, 4.69) is 41.5 Å². The normalized spacial score (nSPS) is 15.9. The molecular formula is C25H28N2O2S. The lowest BCUT2D eigenvalue weighted by atomic mass is 9.78. The van der Waals surface area contributed by atoms with Crippen LogP contribution in [0.4, 0.5) is 5.69 Å². The molecule has 0 fully saturated rings. The highest BCUT2D eigenvalue weighted by molar-refractivity contribution is 8.04. The highest BCUT2D eigenvalue weighted by atomic mass is 32.2. The van der Waals surface area contributed by atoms with Gasteiger partial charge in [-0.15, -0.1) is 0 Å². The molecule has 3 rings (SSSR count). The first-order valence-electron chi connectivity index (χ1n) is 9.96. The standard InChI is InChI=1S/C25H28N2O2S/c1-15-9-8-10-19-21(15)27(14-26)23(29)20(30-19)13-16-11-17(24(2,3)4)22(28)18(12-16)25(5,6)7/h8-13,28H,1-7H3. The van der Waals surface area contributed by atoms with E-state index < -0.39 is 0 Å². The van der Waals surface area contributed by atoms with Crippen LogP contribution in [0.25, 0.3) is 6.08 Å². The molecule has 0 saturated carbocycles. The molecule has 0 saturated heterocycles. The van der Waals surface area contributed by atoms with Crippen LogP contribution in [0.2, 0.25) is 0 Å². The molecule has 0 atom stereocenters. The number of aromatic hydroxyl groups is 1. The van der Waals surface area contributed by atoms with Gasteiger partial charge >= 0.3 is 0 Å². The summed E-state index contributed by atoms with van der Waals surface area (Å²) in [6, 6.07) is 9.63. The third kappa shape index (κ3) is 3.97. The number of rotatable bonds is 1. The molecule has 156 valence electrons. The Morgan fingerprint density at radius 2 is 1.63 bits per heavy atom. The van der Waals surface area contributed by atoms with Crippen molar-refractivity contribution in [3.05, 3.63) is 57.5 Å². The van der Waals surface area contributed by atoms with E-state index in [0.29, 0.717) is 16.3 Å². The van der Waals surface area contributed by atoms with Crippen molar-refractivity contribution in [2.24, 2.45) is 0 Å². The van der Waals surface area contributed by atoms with Gasteiger partial charge < -0.3 is 5.11 Å². The molecule has 1 N–H and O–H groups in total. The number of benzene rings is 2. The van der Waals surface area contributed by atoms with Gasteiger partial charge in [-0.05, 0) is 53.2 Å². The number of para-hydroxylation sites is 1. The molecule has 1 heterocycles. The van der Waals surface area contributed by atoms with Gasteiger partial charge in [0.2, 0.25) is 0 Å². The number of phenols is 1. The van der Waals surface area contributed by atoms with Crippen LogP contribution in [-0.2, 0) is 15.6 Å². The number of aryl methyl sites for hydroxylation is 1. The van der Waals surface area contributed by atoms with Gasteiger partial charge in [-0.25, -0.2) is 4.90 Å². The lowest BCUT2D eigenvalue weighted by Crippen LogP contribution is -2.30. The average molecular weight is 421 g/mol. The SMILES string of the molecule is Cc1cccc2c1N(C#N)C(=O)C(=Cc1cc(C(C)(C)C)c(O)c(C(C)(C)C)c1)S2. The fraction of sp³-hybridized carbons (Fsp3) is 0.360. The Balaban J connectivity index is 2.20. The van der Waals surface area contributed by atoms with Crippen LogP contribution in [0.15, 0.2) is 40.1 Å². The molecule has 2 aromatic rings. The fourth-order valence-electron chi connectivity index (χ4n) is 3.60. The molecule has 2 aromatic carbocycles. The maximum atomic E-state index is 13.1. The number of phenolic OH excluding ortho intramolecular Hbond substituents is 1. The summed E-state index contributed by atoms with van der Waals surface area (Å²) in [7, 11) is 0. The van der Waals surface area contributed by atoms with Crippen LogP contribution in [0.3, 0.4) is 0 Å². The number of nitrogens with zero attached hydrogens (tertiary/aromatic N) is 2. The summed E-state index contributed by atoms with van der Waals surface area (Å²) in [6.45, 7) is 14.2. The molecule has 0 spiro atoms. The van der Waals surface area contributed by atoms with Crippen LogP contribution in [-0.4, -0.2) is 11.0 Å². The van der Waals surface area contributed by atoms with E-state index in [0.717, 1.165) is 27.1 Å². The smallest absolute Gasteiger partial charge is 0.278 e. The predicted octanol–water partition coefficient (Wildman–Crippen LogP) is 6.26. The summed E-state index contributed by atoms with van der Waals surface area (Å²) in [5, 5.41) is 20.6. The molecule has 0 aliphatic carbocycles. The van der Waals surface area contributed by atoms with Gasteiger partial charge in [0.1, 0.15) is 5.75 Å². The summed E-state index contributed by atoms with van der Waals surface area (Å²) in [6.07, 6.45) is 3.86. The topological polar surface area (TPSA) is 64.3 Å². The summed E-state index contributed by atoms with van der Waals surface area (Å²) in [4.78, 5) is 15.6. The quantitative estimate of drug-likeness (QED) is 0.437. The summed E-state index contributed by atoms with van der Waals surface area (Å²) < 4.78 is 0. The van der Waals surface area contributed by atoms with Gasteiger partial charge in [0.05, 0.1) is 10.6 Å². The Kier molecular flexibility index (Phi) is 5.51. The number of carbonyl (C=O) groups is 1. The Morgan fingerprint density at radius 1 is 1.07 bits per heavy atom. The lowest BCUT2D eigenvalue weighted by molar-refractivity contribution is -0.113. The minimum absolute atomic E-state index is 0.259. The highest BCUT2D eigenvalue weighted by Crippen LogP contribution is 2.45. The van der Waals surface area contributed by atoms with E-state index in [4.69, 9.17) is 0 Å². The van der Waals surface area contributed by atoms with Crippen LogP contribution in [0.5, 0.6) is 5.75 Å². The number of nitriles is 1. The van der Waals surface area contributed by atoms with Crippen molar-refractivity contribution < 1.29 is 9.90 Å². The zero-order chi connectivity index (χ0) is 22.4. The molecule has 0 unspecified atom stereocenters. The van der Waals surface area contributed by atoms with E-state index in [-0.39, 0.29) is 16.7 Å². The fourth-order valence-corrected chi connectivity index (χ4v) is 4.70.